The molecule has 0 unspecified atom stereocenters. The van der Waals surface area contributed by atoms with Gasteiger partial charge in [-0.05, 0) is 48.1 Å². The number of fused-ring (bicyclic) bond motifs is 1. The number of pyridine rings is 1. The van der Waals surface area contributed by atoms with Gasteiger partial charge in [-0.25, -0.2) is 0 Å². The Kier molecular flexibility index (Phi) is 5.29. The molecule has 2 aromatic rings. The molecule has 1 fully saturated rings. The number of carbonyl (C=O) groups is 1. The Labute approximate surface area is 157 Å². The molecule has 1 N–H and O–H groups in total. The van der Waals surface area contributed by atoms with Gasteiger partial charge in [0.2, 0.25) is 5.91 Å². The third-order valence-corrected chi connectivity index (χ3v) is 5.56. The number of amides is 1. The summed E-state index contributed by atoms with van der Waals surface area (Å²) in [6.45, 7) is 1.16. The molecule has 26 heavy (non-hydrogen) atoms. The van der Waals surface area contributed by atoms with Gasteiger partial charge in [-0.1, -0.05) is 12.1 Å². The maximum Gasteiger partial charge on any atom is 0.230 e. The van der Waals surface area contributed by atoms with Crippen LogP contribution in [0, 0.1) is 5.92 Å². The number of rotatable bonds is 7. The van der Waals surface area contributed by atoms with Crippen LogP contribution in [0.2, 0.25) is 0 Å². The van der Waals surface area contributed by atoms with Crippen molar-refractivity contribution >= 4 is 17.7 Å². The van der Waals surface area contributed by atoms with Gasteiger partial charge in [0.1, 0.15) is 13.2 Å². The monoisotopic (exact) mass is 370 g/mol. The standard InChI is InChI=1S/C20H22N2O3S/c23-19(13-26-12-14-2-1-7-21-11-14)22-20(15-3-4-15)16-5-6-17-18(10-16)25-9-8-24-17/h1-2,5-7,10-11,15,20H,3-4,8-9,12-13H2,(H,22,23)/t20-/m0/s1. The van der Waals surface area contributed by atoms with Crippen LogP contribution in [0.3, 0.4) is 0 Å². The van der Waals surface area contributed by atoms with Gasteiger partial charge in [-0.2, -0.15) is 0 Å². The number of benzene rings is 1. The van der Waals surface area contributed by atoms with E-state index in [1.807, 2.05) is 36.5 Å². The molecule has 0 spiro atoms. The zero-order valence-corrected chi connectivity index (χ0v) is 15.3. The molecular weight excluding hydrogens is 348 g/mol. The maximum absolute atomic E-state index is 12.4. The van der Waals surface area contributed by atoms with Crippen molar-refractivity contribution in [2.75, 3.05) is 19.0 Å². The summed E-state index contributed by atoms with van der Waals surface area (Å²) in [7, 11) is 0. The Balaban J connectivity index is 1.35. The number of hydrogen-bond donors (Lipinski definition) is 1. The molecule has 136 valence electrons. The lowest BCUT2D eigenvalue weighted by atomic mass is 10.0. The SMILES string of the molecule is O=C(CSCc1cccnc1)N[C@H](c1ccc2c(c1)OCCO2)C1CC1. The van der Waals surface area contributed by atoms with E-state index in [0.29, 0.717) is 24.9 Å². The maximum atomic E-state index is 12.4. The lowest BCUT2D eigenvalue weighted by molar-refractivity contribution is -0.119. The molecule has 1 aliphatic heterocycles. The second-order valence-electron chi connectivity index (χ2n) is 6.64. The van der Waals surface area contributed by atoms with Gasteiger partial charge in [0.05, 0.1) is 11.8 Å². The molecule has 2 aliphatic rings. The van der Waals surface area contributed by atoms with Crippen LogP contribution >= 0.6 is 11.8 Å². The predicted octanol–water partition coefficient (Wildman–Crippen LogP) is 3.35. The van der Waals surface area contributed by atoms with E-state index in [0.717, 1.165) is 41.2 Å². The predicted molar refractivity (Wildman–Crippen MR) is 101 cm³/mol. The van der Waals surface area contributed by atoms with E-state index in [1.54, 1.807) is 18.0 Å². The molecule has 4 rings (SSSR count). The van der Waals surface area contributed by atoms with Gasteiger partial charge in [-0.15, -0.1) is 11.8 Å². The molecule has 1 aromatic heterocycles. The number of hydrogen-bond acceptors (Lipinski definition) is 5. The quantitative estimate of drug-likeness (QED) is 0.810. The fourth-order valence-electron chi connectivity index (χ4n) is 3.12. The Bertz CT molecular complexity index is 765. The minimum Gasteiger partial charge on any atom is -0.486 e. The van der Waals surface area contributed by atoms with Crippen LogP contribution in [-0.2, 0) is 10.5 Å². The molecule has 5 nitrogen and oxygen atoms in total. The first-order chi connectivity index (χ1) is 12.8. The van der Waals surface area contributed by atoms with E-state index < -0.39 is 0 Å². The van der Waals surface area contributed by atoms with Crippen LogP contribution in [-0.4, -0.2) is 29.9 Å². The van der Waals surface area contributed by atoms with Gasteiger partial charge in [0.25, 0.3) is 0 Å². The highest BCUT2D eigenvalue weighted by Gasteiger charge is 2.34. The molecular formula is C20H22N2O3S. The molecule has 2 heterocycles. The number of nitrogens with zero attached hydrogens (tertiary/aromatic N) is 1. The molecule has 0 saturated heterocycles. The number of carbonyl (C=O) groups excluding carboxylic acids is 1. The normalized spacial score (nSPS) is 16.8. The summed E-state index contributed by atoms with van der Waals surface area (Å²) in [6, 6.07) is 10.0. The third kappa shape index (κ3) is 4.30. The Morgan fingerprint density at radius 3 is 2.85 bits per heavy atom. The second-order valence-corrected chi connectivity index (χ2v) is 7.63. The van der Waals surface area contributed by atoms with E-state index in [-0.39, 0.29) is 11.9 Å². The van der Waals surface area contributed by atoms with Gasteiger partial charge in [0.15, 0.2) is 11.5 Å². The van der Waals surface area contributed by atoms with Crippen molar-refractivity contribution < 1.29 is 14.3 Å². The zero-order valence-electron chi connectivity index (χ0n) is 14.5. The summed E-state index contributed by atoms with van der Waals surface area (Å²) in [5, 5.41) is 3.22. The van der Waals surface area contributed by atoms with E-state index in [1.165, 1.54) is 0 Å². The minimum absolute atomic E-state index is 0.0531. The highest BCUT2D eigenvalue weighted by atomic mass is 32.2. The Morgan fingerprint density at radius 2 is 2.08 bits per heavy atom. The number of aromatic nitrogens is 1. The average molecular weight is 370 g/mol. The Morgan fingerprint density at radius 1 is 1.23 bits per heavy atom. The van der Waals surface area contributed by atoms with Crippen LogP contribution in [0.15, 0.2) is 42.7 Å². The molecule has 0 radical (unpaired) electrons. The van der Waals surface area contributed by atoms with Crippen molar-refractivity contribution in [2.24, 2.45) is 5.92 Å². The van der Waals surface area contributed by atoms with Crippen molar-refractivity contribution in [1.29, 1.82) is 0 Å². The Hall–Kier alpha value is -2.21. The van der Waals surface area contributed by atoms with Crippen LogP contribution in [0.25, 0.3) is 0 Å². The van der Waals surface area contributed by atoms with Gasteiger partial charge in [0, 0.05) is 18.1 Å². The summed E-state index contributed by atoms with van der Waals surface area (Å²) >= 11 is 1.61. The van der Waals surface area contributed by atoms with Crippen LogP contribution in [0.5, 0.6) is 11.5 Å². The van der Waals surface area contributed by atoms with Crippen LogP contribution in [0.4, 0.5) is 0 Å². The third-order valence-electron chi connectivity index (χ3n) is 4.56. The fraction of sp³-hybridized carbons (Fsp3) is 0.400. The molecule has 1 atom stereocenters. The van der Waals surface area contributed by atoms with Crippen molar-refractivity contribution in [2.45, 2.75) is 24.6 Å². The van der Waals surface area contributed by atoms with E-state index in [4.69, 9.17) is 9.47 Å². The first kappa shape index (κ1) is 17.2. The molecule has 1 aliphatic carbocycles. The summed E-state index contributed by atoms with van der Waals surface area (Å²) < 4.78 is 11.3. The van der Waals surface area contributed by atoms with Crippen molar-refractivity contribution in [1.82, 2.24) is 10.3 Å². The first-order valence-electron chi connectivity index (χ1n) is 8.95. The highest BCUT2D eigenvalue weighted by Crippen LogP contribution is 2.43. The molecule has 1 saturated carbocycles. The summed E-state index contributed by atoms with van der Waals surface area (Å²) in [5.74, 6) is 3.39. The average Bonchev–Trinajstić information content (AvgIpc) is 3.52. The highest BCUT2D eigenvalue weighted by molar-refractivity contribution is 7.99. The summed E-state index contributed by atoms with van der Waals surface area (Å²) in [5.41, 5.74) is 2.23. The summed E-state index contributed by atoms with van der Waals surface area (Å²) in [6.07, 6.45) is 5.91. The second kappa shape index (κ2) is 7.99. The lowest BCUT2D eigenvalue weighted by Crippen LogP contribution is -2.31. The van der Waals surface area contributed by atoms with Gasteiger partial charge < -0.3 is 14.8 Å². The van der Waals surface area contributed by atoms with Crippen molar-refractivity contribution in [3.63, 3.8) is 0 Å². The van der Waals surface area contributed by atoms with Crippen LogP contribution in [0.1, 0.15) is 30.0 Å². The smallest absolute Gasteiger partial charge is 0.230 e. The fourth-order valence-corrected chi connectivity index (χ4v) is 3.89. The summed E-state index contributed by atoms with van der Waals surface area (Å²) in [4.78, 5) is 16.5. The first-order valence-corrected chi connectivity index (χ1v) is 10.1. The largest absolute Gasteiger partial charge is 0.486 e. The topological polar surface area (TPSA) is 60.5 Å². The molecule has 0 bridgehead atoms. The van der Waals surface area contributed by atoms with Crippen molar-refractivity contribution in [3.05, 3.63) is 53.9 Å². The number of thioether (sulfide) groups is 1. The molecule has 1 aromatic carbocycles. The minimum atomic E-state index is 0.0531. The van der Waals surface area contributed by atoms with Gasteiger partial charge in [-0.3, -0.25) is 9.78 Å². The number of nitrogens with one attached hydrogen (secondary N) is 1. The molecule has 6 heteroatoms. The van der Waals surface area contributed by atoms with E-state index >= 15 is 0 Å². The van der Waals surface area contributed by atoms with Crippen molar-refractivity contribution in [3.8, 4) is 11.5 Å². The zero-order chi connectivity index (χ0) is 17.8. The van der Waals surface area contributed by atoms with Crippen LogP contribution < -0.4 is 14.8 Å². The lowest BCUT2D eigenvalue weighted by Gasteiger charge is -2.23. The van der Waals surface area contributed by atoms with E-state index in [2.05, 4.69) is 10.3 Å². The van der Waals surface area contributed by atoms with E-state index in [9.17, 15) is 4.79 Å². The number of ether oxygens (including phenoxy) is 2. The van der Waals surface area contributed by atoms with Gasteiger partial charge >= 0.3 is 0 Å². The molecule has 1 amide bonds.